The molecule has 50 valence electrons. The van der Waals surface area contributed by atoms with Crippen LogP contribution in [-0.2, 0) is 13.5 Å². The molecule has 0 aliphatic heterocycles. The highest BCUT2D eigenvalue weighted by Crippen LogP contribution is 1.98. The van der Waals surface area contributed by atoms with Crippen LogP contribution in [0.2, 0.25) is 0 Å². The minimum absolute atomic E-state index is 1.01. The fraction of sp³-hybridized carbons (Fsp3) is 0.500. The highest BCUT2D eigenvalue weighted by molar-refractivity contribution is 9.09. The van der Waals surface area contributed by atoms with Crippen LogP contribution in [0.4, 0.5) is 0 Å². The molecule has 0 N–H and O–H groups in total. The third-order valence-electron chi connectivity index (χ3n) is 1.27. The molecule has 1 rings (SSSR count). The second-order valence-electron chi connectivity index (χ2n) is 1.89. The summed E-state index contributed by atoms with van der Waals surface area (Å²) in [6, 6.07) is 2.03. The van der Waals surface area contributed by atoms with Gasteiger partial charge in [0.15, 0.2) is 0 Å². The predicted octanol–water partition coefficient (Wildman–Crippen LogP) is 1.36. The van der Waals surface area contributed by atoms with E-state index < -0.39 is 0 Å². The molecule has 0 fully saturated rings. The fourth-order valence-electron chi connectivity index (χ4n) is 0.743. The van der Waals surface area contributed by atoms with Crippen LogP contribution in [0.1, 0.15) is 5.69 Å². The van der Waals surface area contributed by atoms with Gasteiger partial charge in [-0.25, -0.2) is 0 Å². The van der Waals surface area contributed by atoms with Crippen LogP contribution in [0.25, 0.3) is 0 Å². The van der Waals surface area contributed by atoms with Crippen LogP contribution >= 0.6 is 15.9 Å². The standard InChI is InChI=1S/C6H9BrN2/c1-9-6(2-4-7)3-5-8-9/h3,5H,2,4H2,1H3. The van der Waals surface area contributed by atoms with Crippen molar-refractivity contribution in [2.75, 3.05) is 5.33 Å². The maximum Gasteiger partial charge on any atom is 0.0492 e. The van der Waals surface area contributed by atoms with E-state index in [1.807, 2.05) is 24.0 Å². The van der Waals surface area contributed by atoms with E-state index in [1.165, 1.54) is 5.69 Å². The Morgan fingerprint density at radius 1 is 1.78 bits per heavy atom. The Morgan fingerprint density at radius 2 is 2.56 bits per heavy atom. The molecule has 0 radical (unpaired) electrons. The monoisotopic (exact) mass is 188 g/mol. The van der Waals surface area contributed by atoms with E-state index in [1.54, 1.807) is 0 Å². The van der Waals surface area contributed by atoms with Gasteiger partial charge < -0.3 is 0 Å². The van der Waals surface area contributed by atoms with Crippen molar-refractivity contribution in [3.8, 4) is 0 Å². The average molecular weight is 189 g/mol. The zero-order valence-electron chi connectivity index (χ0n) is 5.34. The molecule has 0 aliphatic rings. The lowest BCUT2D eigenvalue weighted by Crippen LogP contribution is -1.97. The molecule has 0 saturated heterocycles. The zero-order valence-corrected chi connectivity index (χ0v) is 6.93. The van der Waals surface area contributed by atoms with Crippen LogP contribution in [0.15, 0.2) is 12.3 Å². The zero-order chi connectivity index (χ0) is 6.69. The van der Waals surface area contributed by atoms with Crippen molar-refractivity contribution >= 4 is 15.9 Å². The number of hydrogen-bond acceptors (Lipinski definition) is 1. The molecule has 0 bridgehead atoms. The second-order valence-corrected chi connectivity index (χ2v) is 2.68. The number of aromatic nitrogens is 2. The van der Waals surface area contributed by atoms with Gasteiger partial charge in [0, 0.05) is 24.3 Å². The van der Waals surface area contributed by atoms with Gasteiger partial charge in [0.05, 0.1) is 0 Å². The van der Waals surface area contributed by atoms with E-state index in [4.69, 9.17) is 0 Å². The van der Waals surface area contributed by atoms with Crippen molar-refractivity contribution in [2.24, 2.45) is 7.05 Å². The number of rotatable bonds is 2. The Morgan fingerprint density at radius 3 is 3.00 bits per heavy atom. The lowest BCUT2D eigenvalue weighted by molar-refractivity contribution is 0.720. The molecule has 0 unspecified atom stereocenters. The molecule has 1 aromatic heterocycles. The molecule has 2 nitrogen and oxygen atoms in total. The molecular formula is C6H9BrN2. The van der Waals surface area contributed by atoms with E-state index in [9.17, 15) is 0 Å². The quantitative estimate of drug-likeness (QED) is 0.642. The highest BCUT2D eigenvalue weighted by atomic mass is 79.9. The van der Waals surface area contributed by atoms with Crippen molar-refractivity contribution in [1.29, 1.82) is 0 Å². The first-order chi connectivity index (χ1) is 4.34. The number of alkyl halides is 1. The lowest BCUT2D eigenvalue weighted by atomic mass is 10.3. The van der Waals surface area contributed by atoms with Gasteiger partial charge in [0.1, 0.15) is 0 Å². The SMILES string of the molecule is Cn1nccc1CCBr. The molecule has 0 aromatic carbocycles. The average Bonchev–Trinajstić information content (AvgIpc) is 2.18. The molecular weight excluding hydrogens is 180 g/mol. The van der Waals surface area contributed by atoms with Gasteiger partial charge in [0.2, 0.25) is 0 Å². The first kappa shape index (κ1) is 6.81. The van der Waals surface area contributed by atoms with Gasteiger partial charge in [-0.3, -0.25) is 4.68 Å². The molecule has 1 aromatic rings. The lowest BCUT2D eigenvalue weighted by Gasteiger charge is -1.95. The molecule has 1 heterocycles. The number of halogens is 1. The van der Waals surface area contributed by atoms with Crippen LogP contribution < -0.4 is 0 Å². The van der Waals surface area contributed by atoms with Gasteiger partial charge in [0.25, 0.3) is 0 Å². The molecule has 0 atom stereocenters. The first-order valence-corrected chi connectivity index (χ1v) is 3.99. The predicted molar refractivity (Wildman–Crippen MR) is 40.7 cm³/mol. The van der Waals surface area contributed by atoms with Crippen LogP contribution in [-0.4, -0.2) is 15.1 Å². The van der Waals surface area contributed by atoms with Crippen molar-refractivity contribution in [3.63, 3.8) is 0 Å². The van der Waals surface area contributed by atoms with E-state index in [0.717, 1.165) is 11.8 Å². The molecule has 0 amide bonds. The van der Waals surface area contributed by atoms with E-state index in [2.05, 4.69) is 21.0 Å². The Kier molecular flexibility index (Phi) is 2.28. The first-order valence-electron chi connectivity index (χ1n) is 2.87. The Labute approximate surface area is 63.0 Å². The van der Waals surface area contributed by atoms with Crippen LogP contribution in [0.5, 0.6) is 0 Å². The van der Waals surface area contributed by atoms with Crippen molar-refractivity contribution < 1.29 is 0 Å². The number of aryl methyl sites for hydroxylation is 2. The van der Waals surface area contributed by atoms with Gasteiger partial charge in [-0.05, 0) is 12.5 Å². The van der Waals surface area contributed by atoms with Crippen molar-refractivity contribution in [1.82, 2.24) is 9.78 Å². The summed E-state index contributed by atoms with van der Waals surface area (Å²) in [5.74, 6) is 0. The van der Waals surface area contributed by atoms with Crippen molar-refractivity contribution in [2.45, 2.75) is 6.42 Å². The van der Waals surface area contributed by atoms with Gasteiger partial charge in [-0.2, -0.15) is 5.10 Å². The fourth-order valence-corrected chi connectivity index (χ4v) is 1.15. The summed E-state index contributed by atoms with van der Waals surface area (Å²) in [4.78, 5) is 0. The Bertz CT molecular complexity index is 183. The minimum atomic E-state index is 1.01. The summed E-state index contributed by atoms with van der Waals surface area (Å²) in [5.41, 5.74) is 1.27. The highest BCUT2D eigenvalue weighted by Gasteiger charge is 1.93. The summed E-state index contributed by atoms with van der Waals surface area (Å²) in [7, 11) is 1.96. The molecule has 0 saturated carbocycles. The Hall–Kier alpha value is -0.310. The third kappa shape index (κ3) is 1.55. The van der Waals surface area contributed by atoms with Gasteiger partial charge in [-0.15, -0.1) is 0 Å². The maximum atomic E-state index is 4.03. The van der Waals surface area contributed by atoms with Crippen LogP contribution in [0, 0.1) is 0 Å². The van der Waals surface area contributed by atoms with E-state index in [0.29, 0.717) is 0 Å². The number of hydrogen-bond donors (Lipinski definition) is 0. The topological polar surface area (TPSA) is 17.8 Å². The van der Waals surface area contributed by atoms with Crippen molar-refractivity contribution in [3.05, 3.63) is 18.0 Å². The van der Waals surface area contributed by atoms with E-state index in [-0.39, 0.29) is 0 Å². The molecule has 0 spiro atoms. The summed E-state index contributed by atoms with van der Waals surface area (Å²) < 4.78 is 1.89. The summed E-state index contributed by atoms with van der Waals surface area (Å²) in [6.07, 6.45) is 2.87. The largest absolute Gasteiger partial charge is 0.273 e. The molecule has 0 aliphatic carbocycles. The third-order valence-corrected chi connectivity index (χ3v) is 1.67. The summed E-state index contributed by atoms with van der Waals surface area (Å²) in [5, 5.41) is 5.04. The number of nitrogens with zero attached hydrogens (tertiary/aromatic N) is 2. The maximum absolute atomic E-state index is 4.03. The van der Waals surface area contributed by atoms with Gasteiger partial charge in [-0.1, -0.05) is 15.9 Å². The normalized spacial score (nSPS) is 10.0. The summed E-state index contributed by atoms with van der Waals surface area (Å²) in [6.45, 7) is 0. The minimum Gasteiger partial charge on any atom is -0.273 e. The smallest absolute Gasteiger partial charge is 0.0492 e. The Balaban J connectivity index is 2.69. The van der Waals surface area contributed by atoms with E-state index >= 15 is 0 Å². The molecule has 9 heavy (non-hydrogen) atoms. The van der Waals surface area contributed by atoms with Crippen LogP contribution in [0.3, 0.4) is 0 Å². The summed E-state index contributed by atoms with van der Waals surface area (Å²) >= 11 is 3.36. The van der Waals surface area contributed by atoms with Gasteiger partial charge >= 0.3 is 0 Å². The molecule has 3 heteroatoms. The second kappa shape index (κ2) is 3.01.